The number of rotatable bonds is 6. The van der Waals surface area contributed by atoms with Crippen molar-refractivity contribution in [2.45, 2.75) is 5.92 Å². The van der Waals surface area contributed by atoms with E-state index in [1.165, 1.54) is 0 Å². The van der Waals surface area contributed by atoms with Crippen LogP contribution in [0.4, 0.5) is 5.82 Å². The fourth-order valence-corrected chi connectivity index (χ4v) is 2.97. The Labute approximate surface area is 151 Å². The van der Waals surface area contributed by atoms with Gasteiger partial charge in [-0.2, -0.15) is 0 Å². The van der Waals surface area contributed by atoms with Crippen LogP contribution in [0.2, 0.25) is 0 Å². The van der Waals surface area contributed by atoms with Crippen LogP contribution < -0.4 is 20.1 Å². The Balaban J connectivity index is 1.97. The van der Waals surface area contributed by atoms with Gasteiger partial charge in [-0.15, -0.1) is 0 Å². The van der Waals surface area contributed by atoms with Crippen molar-refractivity contribution < 1.29 is 19.0 Å². The highest BCUT2D eigenvalue weighted by molar-refractivity contribution is 5.85. The van der Waals surface area contributed by atoms with E-state index in [1.807, 2.05) is 0 Å². The van der Waals surface area contributed by atoms with Gasteiger partial charge < -0.3 is 24.8 Å². The third-order valence-electron chi connectivity index (χ3n) is 4.30. The molecule has 8 heteroatoms. The molecule has 1 fully saturated rings. The number of hydrogen-bond donors (Lipinski definition) is 1. The normalized spacial score (nSPS) is 15.4. The Bertz CT molecular complexity index is 778. The molecule has 1 aliphatic rings. The Morgan fingerprint density at radius 1 is 1.19 bits per heavy atom. The van der Waals surface area contributed by atoms with Gasteiger partial charge in [-0.3, -0.25) is 9.78 Å². The first-order valence-corrected chi connectivity index (χ1v) is 8.30. The first-order valence-electron chi connectivity index (χ1n) is 8.30. The molecule has 1 amide bonds. The fourth-order valence-electron chi connectivity index (χ4n) is 2.97. The summed E-state index contributed by atoms with van der Waals surface area (Å²) in [7, 11) is 3.10. The number of hydrogen-bond acceptors (Lipinski definition) is 7. The third-order valence-corrected chi connectivity index (χ3v) is 4.30. The number of morpholine rings is 1. The molecule has 1 aromatic carbocycles. The summed E-state index contributed by atoms with van der Waals surface area (Å²) in [5.41, 5.74) is 6.84. The quantitative estimate of drug-likeness (QED) is 0.820. The van der Waals surface area contributed by atoms with Crippen LogP contribution in [-0.2, 0) is 9.53 Å². The van der Waals surface area contributed by atoms with Gasteiger partial charge in [0.15, 0.2) is 11.5 Å². The Kier molecular flexibility index (Phi) is 5.52. The smallest absolute Gasteiger partial charge is 0.231 e. The van der Waals surface area contributed by atoms with E-state index in [4.69, 9.17) is 19.9 Å². The van der Waals surface area contributed by atoms with Crippen LogP contribution in [0.25, 0.3) is 0 Å². The van der Waals surface area contributed by atoms with E-state index in [9.17, 15) is 4.79 Å². The van der Waals surface area contributed by atoms with Crippen molar-refractivity contribution >= 4 is 11.7 Å². The number of anilines is 1. The molecular formula is C18H22N4O4. The second kappa shape index (κ2) is 8.01. The maximum Gasteiger partial charge on any atom is 0.231 e. The molecular weight excluding hydrogens is 336 g/mol. The van der Waals surface area contributed by atoms with Gasteiger partial charge in [-0.1, -0.05) is 6.07 Å². The average Bonchev–Trinajstić information content (AvgIpc) is 2.68. The lowest BCUT2D eigenvalue weighted by Crippen LogP contribution is -2.37. The number of benzene rings is 1. The van der Waals surface area contributed by atoms with Crippen LogP contribution in [-0.4, -0.2) is 56.4 Å². The molecule has 8 nitrogen and oxygen atoms in total. The van der Waals surface area contributed by atoms with Gasteiger partial charge in [0.25, 0.3) is 0 Å². The molecule has 2 heterocycles. The molecule has 1 aromatic heterocycles. The van der Waals surface area contributed by atoms with Crippen LogP contribution in [0.15, 0.2) is 30.6 Å². The lowest BCUT2D eigenvalue weighted by molar-refractivity contribution is -0.118. The van der Waals surface area contributed by atoms with Crippen molar-refractivity contribution in [1.29, 1.82) is 0 Å². The summed E-state index contributed by atoms with van der Waals surface area (Å²) in [4.78, 5) is 23.2. The number of amides is 1. The number of nitrogens with zero attached hydrogens (tertiary/aromatic N) is 3. The van der Waals surface area contributed by atoms with Gasteiger partial charge in [0.05, 0.1) is 39.3 Å². The fraction of sp³-hybridized carbons (Fsp3) is 0.389. The Morgan fingerprint density at radius 2 is 1.92 bits per heavy atom. The highest BCUT2D eigenvalue weighted by Gasteiger charge is 2.25. The van der Waals surface area contributed by atoms with Gasteiger partial charge in [0.1, 0.15) is 11.7 Å². The highest BCUT2D eigenvalue weighted by Crippen LogP contribution is 2.33. The van der Waals surface area contributed by atoms with E-state index in [0.717, 1.165) is 13.1 Å². The number of carbonyl (C=O) groups is 1. The van der Waals surface area contributed by atoms with E-state index in [1.54, 1.807) is 44.8 Å². The minimum absolute atomic E-state index is 0.494. The molecule has 1 saturated heterocycles. The second-order valence-electron chi connectivity index (χ2n) is 5.85. The molecule has 0 bridgehead atoms. The molecule has 1 unspecified atom stereocenters. The zero-order valence-corrected chi connectivity index (χ0v) is 14.8. The van der Waals surface area contributed by atoms with E-state index in [0.29, 0.717) is 41.8 Å². The lowest BCUT2D eigenvalue weighted by Gasteiger charge is -2.28. The Morgan fingerprint density at radius 3 is 2.58 bits per heavy atom. The van der Waals surface area contributed by atoms with E-state index < -0.39 is 11.8 Å². The third kappa shape index (κ3) is 3.70. The van der Waals surface area contributed by atoms with Gasteiger partial charge in [0.2, 0.25) is 5.91 Å². The lowest BCUT2D eigenvalue weighted by atomic mass is 9.95. The zero-order valence-electron chi connectivity index (χ0n) is 14.8. The van der Waals surface area contributed by atoms with Crippen LogP contribution in [0.1, 0.15) is 17.2 Å². The summed E-state index contributed by atoms with van der Waals surface area (Å²) in [5.74, 6) is 0.563. The van der Waals surface area contributed by atoms with E-state index in [2.05, 4.69) is 14.9 Å². The summed E-state index contributed by atoms with van der Waals surface area (Å²) in [6, 6.07) is 5.25. The summed E-state index contributed by atoms with van der Waals surface area (Å²) < 4.78 is 15.9. The van der Waals surface area contributed by atoms with Crippen LogP contribution >= 0.6 is 0 Å². The maximum atomic E-state index is 12.2. The topological polar surface area (TPSA) is 99.8 Å². The van der Waals surface area contributed by atoms with Gasteiger partial charge >= 0.3 is 0 Å². The summed E-state index contributed by atoms with van der Waals surface area (Å²) in [6.07, 6.45) is 3.25. The highest BCUT2D eigenvalue weighted by atomic mass is 16.5. The molecule has 2 N–H and O–H groups in total. The SMILES string of the molecule is COc1ccc(C(C(N)=O)c2cncc(N3CCOCC3)n2)cc1OC. The largest absolute Gasteiger partial charge is 0.493 e. The molecule has 26 heavy (non-hydrogen) atoms. The zero-order chi connectivity index (χ0) is 18.5. The van der Waals surface area contributed by atoms with Crippen LogP contribution in [0, 0.1) is 0 Å². The van der Waals surface area contributed by atoms with Crippen molar-refractivity contribution in [3.8, 4) is 11.5 Å². The predicted octanol–water partition coefficient (Wildman–Crippen LogP) is 0.948. The molecule has 0 spiro atoms. The molecule has 0 radical (unpaired) electrons. The molecule has 138 valence electrons. The molecule has 1 atom stereocenters. The molecule has 0 saturated carbocycles. The number of methoxy groups -OCH3 is 2. The second-order valence-corrected chi connectivity index (χ2v) is 5.85. The summed E-state index contributed by atoms with van der Waals surface area (Å²) >= 11 is 0. The number of carbonyl (C=O) groups excluding carboxylic acids is 1. The van der Waals surface area contributed by atoms with Gasteiger partial charge in [-0.25, -0.2) is 4.98 Å². The Hall–Kier alpha value is -2.87. The first-order chi connectivity index (χ1) is 12.6. The van der Waals surface area contributed by atoms with Crippen molar-refractivity contribution in [2.24, 2.45) is 5.73 Å². The van der Waals surface area contributed by atoms with E-state index in [-0.39, 0.29) is 0 Å². The van der Waals surface area contributed by atoms with Crippen molar-refractivity contribution in [3.63, 3.8) is 0 Å². The molecule has 3 rings (SSSR count). The molecule has 2 aromatic rings. The van der Waals surface area contributed by atoms with Crippen molar-refractivity contribution in [2.75, 3.05) is 45.4 Å². The molecule has 1 aliphatic heterocycles. The van der Waals surface area contributed by atoms with Gasteiger partial charge in [-0.05, 0) is 17.7 Å². The summed E-state index contributed by atoms with van der Waals surface area (Å²) in [6.45, 7) is 2.74. The minimum atomic E-state index is -0.733. The minimum Gasteiger partial charge on any atom is -0.493 e. The number of aromatic nitrogens is 2. The van der Waals surface area contributed by atoms with Crippen molar-refractivity contribution in [1.82, 2.24) is 9.97 Å². The van der Waals surface area contributed by atoms with Gasteiger partial charge in [0, 0.05) is 19.3 Å². The standard InChI is InChI=1S/C18H22N4O4/c1-24-14-4-3-12(9-15(14)25-2)17(18(19)23)13-10-20-11-16(21-13)22-5-7-26-8-6-22/h3-4,9-11,17H,5-8H2,1-2H3,(H2,19,23). The predicted molar refractivity (Wildman–Crippen MR) is 95.6 cm³/mol. The number of nitrogens with two attached hydrogens (primary N) is 1. The maximum absolute atomic E-state index is 12.2. The van der Waals surface area contributed by atoms with Crippen molar-refractivity contribution in [3.05, 3.63) is 41.9 Å². The molecule has 0 aliphatic carbocycles. The van der Waals surface area contributed by atoms with Crippen LogP contribution in [0.5, 0.6) is 11.5 Å². The average molecular weight is 358 g/mol. The van der Waals surface area contributed by atoms with E-state index >= 15 is 0 Å². The number of ether oxygens (including phenoxy) is 3. The summed E-state index contributed by atoms with van der Waals surface area (Å²) in [5, 5.41) is 0. The van der Waals surface area contributed by atoms with Crippen LogP contribution in [0.3, 0.4) is 0 Å². The number of primary amides is 1. The monoisotopic (exact) mass is 358 g/mol. The first kappa shape index (κ1) is 17.9.